The number of aryl methyl sites for hydroxylation is 1. The van der Waals surface area contributed by atoms with E-state index in [2.05, 4.69) is 46.6 Å². The number of likely N-dealkylation sites (N-methyl/N-ethyl adjacent to an activating group) is 1. The van der Waals surface area contributed by atoms with E-state index in [9.17, 15) is 8.42 Å². The zero-order chi connectivity index (χ0) is 26.2. The molecular formula is C24H30N8O3S2. The minimum Gasteiger partial charge on any atom is -0.424 e. The first-order valence-electron chi connectivity index (χ1n) is 12.2. The maximum Gasteiger partial charge on any atom is 0.322 e. The van der Waals surface area contributed by atoms with Crippen LogP contribution < -0.4 is 14.4 Å². The van der Waals surface area contributed by atoms with Crippen molar-refractivity contribution < 1.29 is 13.2 Å². The Hall–Kier alpha value is -3.13. The molecule has 1 aliphatic heterocycles. The summed E-state index contributed by atoms with van der Waals surface area (Å²) in [5.74, 6) is 1.11. The molecular weight excluding hydrogens is 512 g/mol. The second kappa shape index (κ2) is 10.3. The van der Waals surface area contributed by atoms with E-state index < -0.39 is 16.1 Å². The molecule has 11 nitrogen and oxygen atoms in total. The third kappa shape index (κ3) is 5.17. The Kier molecular flexibility index (Phi) is 7.12. The Morgan fingerprint density at radius 1 is 1.11 bits per heavy atom. The summed E-state index contributed by atoms with van der Waals surface area (Å²) in [4.78, 5) is 4.78. The molecule has 1 atom stereocenters. The van der Waals surface area contributed by atoms with Gasteiger partial charge in [0.25, 0.3) is 0 Å². The van der Waals surface area contributed by atoms with Crippen LogP contribution >= 0.6 is 11.7 Å². The Bertz CT molecular complexity index is 1510. The number of ether oxygens (including phenoxy) is 1. The normalized spacial score (nSPS) is 15.8. The molecule has 0 saturated carbocycles. The van der Waals surface area contributed by atoms with Crippen molar-refractivity contribution in [3.05, 3.63) is 47.8 Å². The van der Waals surface area contributed by atoms with Crippen LogP contribution in [0.25, 0.3) is 11.0 Å². The Labute approximate surface area is 220 Å². The highest BCUT2D eigenvalue weighted by Crippen LogP contribution is 2.29. The Morgan fingerprint density at radius 2 is 1.89 bits per heavy atom. The van der Waals surface area contributed by atoms with Crippen molar-refractivity contribution in [1.82, 2.24) is 33.1 Å². The SMILES string of the molecule is CCn1c(Oc2cccc(N3CCN(C)CC3)c2)nnc1[C@@H](C)NS(=O)(=O)c1c(C)ccc2nsnc12. The summed E-state index contributed by atoms with van der Waals surface area (Å²) in [5.41, 5.74) is 2.61. The molecule has 3 heterocycles. The molecule has 37 heavy (non-hydrogen) atoms. The van der Waals surface area contributed by atoms with Crippen molar-refractivity contribution in [2.24, 2.45) is 0 Å². The van der Waals surface area contributed by atoms with Gasteiger partial charge in [-0.05, 0) is 51.6 Å². The average molecular weight is 543 g/mol. The van der Waals surface area contributed by atoms with Crippen LogP contribution in [-0.4, -0.2) is 70.1 Å². The van der Waals surface area contributed by atoms with Crippen molar-refractivity contribution in [2.75, 3.05) is 38.1 Å². The third-order valence-corrected chi connectivity index (χ3v) is 8.78. The molecule has 0 spiro atoms. The largest absolute Gasteiger partial charge is 0.424 e. The zero-order valence-corrected chi connectivity index (χ0v) is 22.9. The minimum atomic E-state index is -3.91. The smallest absolute Gasteiger partial charge is 0.322 e. The van der Waals surface area contributed by atoms with E-state index in [4.69, 9.17) is 4.74 Å². The van der Waals surface area contributed by atoms with Gasteiger partial charge in [-0.15, -0.1) is 5.10 Å². The van der Waals surface area contributed by atoms with Crippen LogP contribution in [0.5, 0.6) is 11.8 Å². The van der Waals surface area contributed by atoms with Gasteiger partial charge in [-0.3, -0.25) is 4.57 Å². The number of aromatic nitrogens is 5. The average Bonchev–Trinajstić information content (AvgIpc) is 3.50. The van der Waals surface area contributed by atoms with Gasteiger partial charge in [-0.1, -0.05) is 17.2 Å². The summed E-state index contributed by atoms with van der Waals surface area (Å²) >= 11 is 0.987. The summed E-state index contributed by atoms with van der Waals surface area (Å²) in [6.07, 6.45) is 0. The lowest BCUT2D eigenvalue weighted by Crippen LogP contribution is -2.44. The van der Waals surface area contributed by atoms with Crippen LogP contribution in [0, 0.1) is 6.92 Å². The molecule has 0 aliphatic carbocycles. The monoisotopic (exact) mass is 542 g/mol. The first-order valence-corrected chi connectivity index (χ1v) is 14.4. The molecule has 0 bridgehead atoms. The second-order valence-corrected chi connectivity index (χ2v) is 11.3. The van der Waals surface area contributed by atoms with E-state index >= 15 is 0 Å². The summed E-state index contributed by atoms with van der Waals surface area (Å²) < 4.78 is 45.8. The van der Waals surface area contributed by atoms with E-state index in [1.807, 2.05) is 25.1 Å². The second-order valence-electron chi connectivity index (χ2n) is 9.16. The number of fused-ring (bicyclic) bond motifs is 1. The van der Waals surface area contributed by atoms with E-state index in [0.29, 0.717) is 40.7 Å². The van der Waals surface area contributed by atoms with E-state index in [1.54, 1.807) is 30.5 Å². The molecule has 0 amide bonds. The number of nitrogens with one attached hydrogen (secondary N) is 1. The van der Waals surface area contributed by atoms with Gasteiger partial charge in [0.05, 0.1) is 17.8 Å². The number of hydrogen-bond donors (Lipinski definition) is 1. The number of hydrogen-bond acceptors (Lipinski definition) is 10. The fraction of sp³-hybridized carbons (Fsp3) is 0.417. The maximum atomic E-state index is 13.4. The van der Waals surface area contributed by atoms with Crippen LogP contribution in [0.3, 0.4) is 0 Å². The number of piperazine rings is 1. The van der Waals surface area contributed by atoms with Crippen LogP contribution in [0.15, 0.2) is 41.3 Å². The lowest BCUT2D eigenvalue weighted by molar-refractivity contribution is 0.312. The molecule has 0 radical (unpaired) electrons. The van der Waals surface area contributed by atoms with E-state index in [-0.39, 0.29) is 4.90 Å². The van der Waals surface area contributed by atoms with Gasteiger partial charge in [0, 0.05) is 44.5 Å². The van der Waals surface area contributed by atoms with Gasteiger partial charge in [-0.25, -0.2) is 13.1 Å². The highest BCUT2D eigenvalue weighted by atomic mass is 32.2. The number of sulfonamides is 1. The predicted molar refractivity (Wildman–Crippen MR) is 143 cm³/mol. The molecule has 13 heteroatoms. The van der Waals surface area contributed by atoms with Gasteiger partial charge < -0.3 is 14.5 Å². The summed E-state index contributed by atoms with van der Waals surface area (Å²) in [6, 6.07) is 11.1. The van der Waals surface area contributed by atoms with E-state index in [1.165, 1.54) is 0 Å². The highest BCUT2D eigenvalue weighted by molar-refractivity contribution is 7.89. The van der Waals surface area contributed by atoms with Gasteiger partial charge in [0.2, 0.25) is 10.0 Å². The molecule has 1 N–H and O–H groups in total. The lowest BCUT2D eigenvalue weighted by Gasteiger charge is -2.34. The van der Waals surface area contributed by atoms with Crippen molar-refractivity contribution in [3.63, 3.8) is 0 Å². The lowest BCUT2D eigenvalue weighted by atomic mass is 10.2. The number of benzene rings is 2. The van der Waals surface area contributed by atoms with E-state index in [0.717, 1.165) is 43.6 Å². The first-order chi connectivity index (χ1) is 17.8. The molecule has 196 valence electrons. The summed E-state index contributed by atoms with van der Waals surface area (Å²) in [5, 5.41) is 8.51. The molecule has 2 aromatic carbocycles. The fourth-order valence-electron chi connectivity index (χ4n) is 4.52. The highest BCUT2D eigenvalue weighted by Gasteiger charge is 2.28. The van der Waals surface area contributed by atoms with Crippen molar-refractivity contribution in [1.29, 1.82) is 0 Å². The van der Waals surface area contributed by atoms with Gasteiger partial charge in [0.15, 0.2) is 5.82 Å². The molecule has 1 aliphatic rings. The predicted octanol–water partition coefficient (Wildman–Crippen LogP) is 3.19. The van der Waals surface area contributed by atoms with Crippen LogP contribution in [0.4, 0.5) is 5.69 Å². The van der Waals surface area contributed by atoms with Crippen LogP contribution in [0.1, 0.15) is 31.3 Å². The standard InChI is InChI=1S/C24H30N8O3S2/c1-5-32-23(17(3)29-37(33,34)22-16(2)9-10-20-21(22)28-36-27-20)25-26-24(32)35-19-8-6-7-18(15-19)31-13-11-30(4)12-14-31/h6-10,15,17,29H,5,11-14H2,1-4H3/t17-/m1/s1. The molecule has 1 saturated heterocycles. The quantitative estimate of drug-likeness (QED) is 0.358. The van der Waals surface area contributed by atoms with Crippen LogP contribution in [-0.2, 0) is 16.6 Å². The zero-order valence-electron chi connectivity index (χ0n) is 21.2. The molecule has 1 fully saturated rings. The van der Waals surface area contributed by atoms with Crippen molar-refractivity contribution >= 4 is 38.5 Å². The van der Waals surface area contributed by atoms with Gasteiger partial charge in [-0.2, -0.15) is 8.75 Å². The van der Waals surface area contributed by atoms with Gasteiger partial charge >= 0.3 is 6.01 Å². The molecule has 5 rings (SSSR count). The van der Waals surface area contributed by atoms with Crippen molar-refractivity contribution in [3.8, 4) is 11.8 Å². The van der Waals surface area contributed by atoms with Crippen LogP contribution in [0.2, 0.25) is 0 Å². The minimum absolute atomic E-state index is 0.130. The first kappa shape index (κ1) is 25.5. The maximum absolute atomic E-state index is 13.4. The van der Waals surface area contributed by atoms with Gasteiger partial charge in [0.1, 0.15) is 21.7 Å². The Balaban J connectivity index is 1.36. The number of anilines is 1. The summed E-state index contributed by atoms with van der Waals surface area (Å²) in [7, 11) is -1.78. The third-order valence-electron chi connectivity index (χ3n) is 6.52. The molecule has 2 aromatic heterocycles. The number of rotatable bonds is 8. The van der Waals surface area contributed by atoms with Crippen molar-refractivity contribution in [2.45, 2.75) is 38.3 Å². The topological polar surface area (TPSA) is 118 Å². The molecule has 0 unspecified atom stereocenters. The number of nitrogens with zero attached hydrogens (tertiary/aromatic N) is 7. The summed E-state index contributed by atoms with van der Waals surface area (Å²) in [6.45, 7) is 9.86. The fourth-order valence-corrected chi connectivity index (χ4v) is 6.70. The Morgan fingerprint density at radius 3 is 2.65 bits per heavy atom. The molecule has 4 aromatic rings.